The van der Waals surface area contributed by atoms with Gasteiger partial charge in [-0.1, -0.05) is 35.2 Å². The van der Waals surface area contributed by atoms with Crippen LogP contribution in [0.3, 0.4) is 0 Å². The van der Waals surface area contributed by atoms with Crippen LogP contribution in [0.15, 0.2) is 35.3 Å². The first-order valence-electron chi connectivity index (χ1n) is 6.98. The van der Waals surface area contributed by atoms with Crippen LogP contribution in [0.2, 0.25) is 0 Å². The van der Waals surface area contributed by atoms with Crippen molar-refractivity contribution in [3.05, 3.63) is 35.2 Å². The molecule has 3 aromatic rings. The van der Waals surface area contributed by atoms with Crippen LogP contribution in [0.1, 0.15) is 5.01 Å². The molecule has 24 heavy (non-hydrogen) atoms. The molecule has 7 nitrogen and oxygen atoms in total. The van der Waals surface area contributed by atoms with Gasteiger partial charge in [-0.3, -0.25) is 14.7 Å². The number of hydrogen-bond donors (Lipinski definition) is 1. The summed E-state index contributed by atoms with van der Waals surface area (Å²) in [6, 6.07) is 3.96. The van der Waals surface area contributed by atoms with Gasteiger partial charge in [0.05, 0.1) is 10.6 Å². The van der Waals surface area contributed by atoms with Gasteiger partial charge in [-0.2, -0.15) is 0 Å². The van der Waals surface area contributed by atoms with Gasteiger partial charge in [0.1, 0.15) is 5.01 Å². The Hall–Kier alpha value is -2.04. The fourth-order valence-corrected chi connectivity index (χ4v) is 3.98. The molecular weight excluding hydrogens is 364 g/mol. The summed E-state index contributed by atoms with van der Waals surface area (Å²) < 4.78 is 1.95. The minimum atomic E-state index is -0.151. The van der Waals surface area contributed by atoms with E-state index < -0.39 is 0 Å². The fourth-order valence-electron chi connectivity index (χ4n) is 1.91. The molecule has 1 amide bonds. The highest BCUT2D eigenvalue weighted by atomic mass is 32.2. The topological polar surface area (TPSA) is 85.6 Å². The molecule has 1 N–H and O–H groups in total. The summed E-state index contributed by atoms with van der Waals surface area (Å²) in [5.74, 6) is 0.854. The zero-order chi connectivity index (χ0) is 16.9. The minimum absolute atomic E-state index is 0.151. The zero-order valence-electron chi connectivity index (χ0n) is 12.8. The fraction of sp³-hybridized carbons (Fsp3) is 0.214. The third-order valence-electron chi connectivity index (χ3n) is 2.87. The Morgan fingerprint density at radius 3 is 2.96 bits per heavy atom. The summed E-state index contributed by atoms with van der Waals surface area (Å²) in [5, 5.41) is 22.9. The Morgan fingerprint density at radius 2 is 2.29 bits per heavy atom. The van der Waals surface area contributed by atoms with Crippen LogP contribution in [0.5, 0.6) is 0 Å². The van der Waals surface area contributed by atoms with Crippen LogP contribution in [-0.2, 0) is 11.3 Å². The van der Waals surface area contributed by atoms with Crippen molar-refractivity contribution in [2.45, 2.75) is 18.6 Å². The molecule has 0 bridgehead atoms. The molecule has 0 aliphatic heterocycles. The molecule has 0 aliphatic rings. The smallest absolute Gasteiger partial charge is 0.236 e. The third-order valence-corrected chi connectivity index (χ3v) is 5.46. The number of carbonyl (C=O) groups is 1. The molecule has 0 radical (unpaired) electrons. The average molecular weight is 379 g/mol. The molecule has 3 aromatic heterocycles. The van der Waals surface area contributed by atoms with E-state index in [0.29, 0.717) is 16.8 Å². The highest BCUT2D eigenvalue weighted by Gasteiger charge is 2.16. The van der Waals surface area contributed by atoms with Gasteiger partial charge in [0, 0.05) is 6.54 Å². The Morgan fingerprint density at radius 1 is 1.42 bits per heavy atom. The number of aryl methyl sites for hydroxylation is 1. The molecule has 0 fully saturated rings. The number of allylic oxidation sites excluding steroid dienone is 1. The van der Waals surface area contributed by atoms with Crippen LogP contribution < -0.4 is 5.32 Å². The van der Waals surface area contributed by atoms with E-state index in [4.69, 9.17) is 0 Å². The van der Waals surface area contributed by atoms with Crippen LogP contribution in [0.25, 0.3) is 10.7 Å². The number of amides is 1. The maximum atomic E-state index is 12.0. The summed E-state index contributed by atoms with van der Waals surface area (Å²) in [5.41, 5.74) is 0. The molecule has 124 valence electrons. The maximum Gasteiger partial charge on any atom is 0.236 e. The summed E-state index contributed by atoms with van der Waals surface area (Å²) in [7, 11) is 0. The quantitative estimate of drug-likeness (QED) is 0.502. The van der Waals surface area contributed by atoms with Crippen LogP contribution >= 0.6 is 34.4 Å². The minimum Gasteiger partial charge on any atom is -0.300 e. The first kappa shape index (κ1) is 16.8. The number of rotatable bonds is 7. The number of aromatic nitrogens is 5. The SMILES string of the molecule is C=CCn1c(SCC(=O)Nc2nnc(C)s2)nnc1-c1cccs1. The number of nitrogens with one attached hydrogen (secondary N) is 1. The number of carbonyl (C=O) groups excluding carboxylic acids is 1. The van der Waals surface area contributed by atoms with Gasteiger partial charge in [0.15, 0.2) is 11.0 Å². The monoisotopic (exact) mass is 378 g/mol. The Labute approximate surface area is 150 Å². The Balaban J connectivity index is 1.68. The lowest BCUT2D eigenvalue weighted by atomic mass is 10.4. The van der Waals surface area contributed by atoms with Crippen molar-refractivity contribution in [3.8, 4) is 10.7 Å². The highest BCUT2D eigenvalue weighted by molar-refractivity contribution is 7.99. The molecule has 0 spiro atoms. The van der Waals surface area contributed by atoms with E-state index in [2.05, 4.69) is 32.3 Å². The van der Waals surface area contributed by atoms with Crippen LogP contribution in [0, 0.1) is 6.92 Å². The molecule has 0 aromatic carbocycles. The van der Waals surface area contributed by atoms with Gasteiger partial charge in [-0.05, 0) is 18.4 Å². The number of thioether (sulfide) groups is 1. The highest BCUT2D eigenvalue weighted by Crippen LogP contribution is 2.27. The lowest BCUT2D eigenvalue weighted by Gasteiger charge is -2.06. The number of nitrogens with zero attached hydrogens (tertiary/aromatic N) is 5. The molecule has 0 saturated heterocycles. The van der Waals surface area contributed by atoms with Crippen molar-refractivity contribution in [2.75, 3.05) is 11.1 Å². The van der Waals surface area contributed by atoms with Crippen molar-refractivity contribution >= 4 is 45.5 Å². The predicted molar refractivity (Wildman–Crippen MR) is 97.5 cm³/mol. The molecular formula is C14H14N6OS3. The summed E-state index contributed by atoms with van der Waals surface area (Å²) >= 11 is 4.27. The first-order chi connectivity index (χ1) is 11.7. The second kappa shape index (κ2) is 7.69. The Kier molecular flexibility index (Phi) is 5.38. The van der Waals surface area contributed by atoms with Crippen molar-refractivity contribution in [2.24, 2.45) is 0 Å². The molecule has 3 rings (SSSR count). The van der Waals surface area contributed by atoms with Crippen LogP contribution in [0.4, 0.5) is 5.13 Å². The molecule has 0 unspecified atom stereocenters. The lowest BCUT2D eigenvalue weighted by molar-refractivity contribution is -0.113. The second-order valence-electron chi connectivity index (χ2n) is 4.65. The molecule has 0 aliphatic carbocycles. The summed E-state index contributed by atoms with van der Waals surface area (Å²) in [6.07, 6.45) is 1.79. The standard InChI is InChI=1S/C14H14N6OS3/c1-3-6-20-12(10-5-4-7-22-10)17-19-14(20)23-8-11(21)15-13-18-16-9(2)24-13/h3-5,7H,1,6,8H2,2H3,(H,15,18,21). The Bertz CT molecular complexity index is 839. The van der Waals surface area contributed by atoms with Gasteiger partial charge in [-0.15, -0.1) is 38.3 Å². The van der Waals surface area contributed by atoms with Crippen LogP contribution in [-0.4, -0.2) is 36.6 Å². The second-order valence-corrected chi connectivity index (χ2v) is 7.72. The van der Waals surface area contributed by atoms with Crippen molar-refractivity contribution in [1.82, 2.24) is 25.0 Å². The first-order valence-corrected chi connectivity index (χ1v) is 9.66. The summed E-state index contributed by atoms with van der Waals surface area (Å²) in [4.78, 5) is 13.1. The van der Waals surface area contributed by atoms with E-state index in [0.717, 1.165) is 15.7 Å². The van der Waals surface area contributed by atoms with Gasteiger partial charge < -0.3 is 0 Å². The number of anilines is 1. The van der Waals surface area contributed by atoms with E-state index in [1.165, 1.54) is 23.1 Å². The third kappa shape index (κ3) is 3.89. The molecule has 0 saturated carbocycles. The summed E-state index contributed by atoms with van der Waals surface area (Å²) in [6.45, 7) is 6.20. The number of hydrogen-bond acceptors (Lipinski definition) is 8. The lowest BCUT2D eigenvalue weighted by Crippen LogP contribution is -2.14. The van der Waals surface area contributed by atoms with E-state index in [9.17, 15) is 4.79 Å². The van der Waals surface area contributed by atoms with E-state index in [1.807, 2.05) is 29.0 Å². The van der Waals surface area contributed by atoms with Gasteiger partial charge >= 0.3 is 0 Å². The van der Waals surface area contributed by atoms with Crippen molar-refractivity contribution < 1.29 is 4.79 Å². The van der Waals surface area contributed by atoms with Crippen molar-refractivity contribution in [1.29, 1.82) is 0 Å². The van der Waals surface area contributed by atoms with E-state index >= 15 is 0 Å². The molecule has 0 atom stereocenters. The van der Waals surface area contributed by atoms with E-state index in [-0.39, 0.29) is 11.7 Å². The normalized spacial score (nSPS) is 10.7. The van der Waals surface area contributed by atoms with Crippen molar-refractivity contribution in [3.63, 3.8) is 0 Å². The predicted octanol–water partition coefficient (Wildman–Crippen LogP) is 3.08. The van der Waals surface area contributed by atoms with Gasteiger partial charge in [0.25, 0.3) is 0 Å². The molecule has 10 heteroatoms. The van der Waals surface area contributed by atoms with Gasteiger partial charge in [0.2, 0.25) is 11.0 Å². The average Bonchev–Trinajstić information content (AvgIpc) is 3.27. The number of thiophene rings is 1. The zero-order valence-corrected chi connectivity index (χ0v) is 15.2. The van der Waals surface area contributed by atoms with Gasteiger partial charge in [-0.25, -0.2) is 0 Å². The largest absolute Gasteiger partial charge is 0.300 e. The van der Waals surface area contributed by atoms with E-state index in [1.54, 1.807) is 17.4 Å². The maximum absolute atomic E-state index is 12.0. The molecule has 3 heterocycles.